The molecule has 8 heteroatoms. The summed E-state index contributed by atoms with van der Waals surface area (Å²) in [6.45, 7) is 5.91. The van der Waals surface area contributed by atoms with Crippen LogP contribution in [-0.2, 0) is 16.6 Å². The summed E-state index contributed by atoms with van der Waals surface area (Å²) in [6.07, 6.45) is 2.60. The predicted molar refractivity (Wildman–Crippen MR) is 78.8 cm³/mol. The number of aryl methyl sites for hydroxylation is 3. The minimum absolute atomic E-state index is 0.0435. The lowest BCUT2D eigenvalue weighted by molar-refractivity contribution is 0.602. The minimum Gasteiger partial charge on any atom is -0.298 e. The third-order valence-electron chi connectivity index (χ3n) is 2.89. The van der Waals surface area contributed by atoms with Crippen molar-refractivity contribution in [2.24, 2.45) is 0 Å². The van der Waals surface area contributed by atoms with Crippen molar-refractivity contribution in [3.8, 4) is 0 Å². The van der Waals surface area contributed by atoms with E-state index in [2.05, 4.69) is 9.71 Å². The summed E-state index contributed by atoms with van der Waals surface area (Å²) in [5.41, 5.74) is 0.460. The zero-order valence-electron chi connectivity index (χ0n) is 11.4. The van der Waals surface area contributed by atoms with E-state index in [1.165, 1.54) is 28.4 Å². The lowest BCUT2D eigenvalue weighted by Gasteiger charge is -2.07. The summed E-state index contributed by atoms with van der Waals surface area (Å²) in [5.74, 6) is 0. The molecule has 0 radical (unpaired) electrons. The molecule has 0 aromatic carbocycles. The maximum absolute atomic E-state index is 12.2. The Labute approximate surface area is 121 Å². The summed E-state index contributed by atoms with van der Waals surface area (Å²) in [7, 11) is -3.75. The van der Waals surface area contributed by atoms with Gasteiger partial charge in [-0.15, -0.1) is 11.3 Å². The molecule has 1 N–H and O–H groups in total. The van der Waals surface area contributed by atoms with Gasteiger partial charge >= 0.3 is 0 Å². The van der Waals surface area contributed by atoms with Crippen molar-refractivity contribution in [2.75, 3.05) is 4.72 Å². The van der Waals surface area contributed by atoms with Gasteiger partial charge < -0.3 is 0 Å². The van der Waals surface area contributed by atoms with Gasteiger partial charge in [0.05, 0.1) is 12.5 Å². The average Bonchev–Trinajstić information content (AvgIpc) is 2.73. The number of hydrogen-bond acceptors (Lipinski definition) is 5. The molecule has 6 nitrogen and oxygen atoms in total. The van der Waals surface area contributed by atoms with Crippen molar-refractivity contribution in [3.05, 3.63) is 39.4 Å². The van der Waals surface area contributed by atoms with Gasteiger partial charge in [0.25, 0.3) is 15.6 Å². The fraction of sp³-hybridized carbons (Fsp3) is 0.333. The zero-order valence-corrected chi connectivity index (χ0v) is 13.0. The molecule has 0 amide bonds. The van der Waals surface area contributed by atoms with Gasteiger partial charge in [0.2, 0.25) is 0 Å². The maximum atomic E-state index is 12.2. The average molecular weight is 313 g/mol. The molecule has 0 atom stereocenters. The van der Waals surface area contributed by atoms with Gasteiger partial charge in [-0.05, 0) is 32.4 Å². The molecule has 2 heterocycles. The van der Waals surface area contributed by atoms with Crippen LogP contribution in [0.4, 0.5) is 5.69 Å². The number of nitrogens with one attached hydrogen (secondary N) is 1. The van der Waals surface area contributed by atoms with E-state index in [1.54, 1.807) is 13.0 Å². The van der Waals surface area contributed by atoms with Crippen molar-refractivity contribution in [3.63, 3.8) is 0 Å². The number of sulfonamides is 1. The number of hydrogen-bond donors (Lipinski definition) is 1. The first kappa shape index (κ1) is 14.7. The van der Waals surface area contributed by atoms with Crippen molar-refractivity contribution in [2.45, 2.75) is 31.5 Å². The summed E-state index contributed by atoms with van der Waals surface area (Å²) in [6, 6.07) is 1.59. The van der Waals surface area contributed by atoms with E-state index in [4.69, 9.17) is 0 Å². The number of anilines is 1. The number of thiophene rings is 1. The van der Waals surface area contributed by atoms with Gasteiger partial charge in [-0.1, -0.05) is 0 Å². The maximum Gasteiger partial charge on any atom is 0.277 e. The van der Waals surface area contributed by atoms with Gasteiger partial charge in [-0.3, -0.25) is 14.1 Å². The van der Waals surface area contributed by atoms with Crippen molar-refractivity contribution < 1.29 is 8.42 Å². The first-order valence-electron chi connectivity index (χ1n) is 5.99. The van der Waals surface area contributed by atoms with E-state index in [9.17, 15) is 13.2 Å². The molecule has 0 spiro atoms. The van der Waals surface area contributed by atoms with Crippen molar-refractivity contribution in [1.29, 1.82) is 0 Å². The van der Waals surface area contributed by atoms with E-state index in [1.807, 2.05) is 13.8 Å². The van der Waals surface area contributed by atoms with Crippen LogP contribution in [0.5, 0.6) is 0 Å². The first-order chi connectivity index (χ1) is 9.35. The van der Waals surface area contributed by atoms with Crippen LogP contribution in [0.25, 0.3) is 0 Å². The highest BCUT2D eigenvalue weighted by atomic mass is 32.2. The Kier molecular flexibility index (Phi) is 3.96. The minimum atomic E-state index is -3.75. The van der Waals surface area contributed by atoms with E-state index in [0.717, 1.165) is 10.4 Å². The second-order valence-electron chi connectivity index (χ2n) is 4.31. The highest BCUT2D eigenvalue weighted by Gasteiger charge is 2.19. The summed E-state index contributed by atoms with van der Waals surface area (Å²) in [4.78, 5) is 16.8. The SMILES string of the molecule is CCn1cncc(NS(=O)(=O)c2cc(C)c(C)s2)c1=O. The van der Waals surface area contributed by atoms with Gasteiger partial charge in [-0.25, -0.2) is 13.4 Å². The van der Waals surface area contributed by atoms with Crippen LogP contribution in [-0.4, -0.2) is 18.0 Å². The second-order valence-corrected chi connectivity index (χ2v) is 7.47. The molecule has 0 aliphatic heterocycles. The Morgan fingerprint density at radius 2 is 2.10 bits per heavy atom. The van der Waals surface area contributed by atoms with Gasteiger partial charge in [0.15, 0.2) is 0 Å². The van der Waals surface area contributed by atoms with Crippen LogP contribution >= 0.6 is 11.3 Å². The van der Waals surface area contributed by atoms with Gasteiger partial charge in [0.1, 0.15) is 9.90 Å². The molecule has 20 heavy (non-hydrogen) atoms. The third kappa shape index (κ3) is 2.75. The van der Waals surface area contributed by atoms with Crippen molar-refractivity contribution >= 4 is 27.0 Å². The Morgan fingerprint density at radius 3 is 2.65 bits per heavy atom. The van der Waals surface area contributed by atoms with E-state index in [0.29, 0.717) is 6.54 Å². The lowest BCUT2D eigenvalue weighted by Crippen LogP contribution is -2.25. The van der Waals surface area contributed by atoms with Crippen molar-refractivity contribution in [1.82, 2.24) is 9.55 Å². The number of nitrogens with zero attached hydrogens (tertiary/aromatic N) is 2. The van der Waals surface area contributed by atoms with Gasteiger partial charge in [-0.2, -0.15) is 0 Å². The van der Waals surface area contributed by atoms with E-state index >= 15 is 0 Å². The third-order valence-corrected chi connectivity index (χ3v) is 5.89. The molecular formula is C12H15N3O3S2. The molecule has 2 aromatic heterocycles. The smallest absolute Gasteiger partial charge is 0.277 e. The molecular weight excluding hydrogens is 298 g/mol. The van der Waals surface area contributed by atoms with Gasteiger partial charge in [0, 0.05) is 11.4 Å². The summed E-state index contributed by atoms with van der Waals surface area (Å²) in [5, 5.41) is 0. The van der Waals surface area contributed by atoms with Crippen LogP contribution < -0.4 is 10.3 Å². The predicted octanol–water partition coefficient (Wildman–Crippen LogP) is 1.74. The molecule has 0 aliphatic rings. The van der Waals surface area contributed by atoms with Crippen LogP contribution in [0.2, 0.25) is 0 Å². The molecule has 0 bridgehead atoms. The number of rotatable bonds is 4. The van der Waals surface area contributed by atoms with Crippen LogP contribution in [0, 0.1) is 13.8 Å². The molecule has 2 aromatic rings. The molecule has 0 fully saturated rings. The topological polar surface area (TPSA) is 81.1 Å². The Bertz CT molecular complexity index is 771. The summed E-state index contributed by atoms with van der Waals surface area (Å²) >= 11 is 1.18. The standard InChI is InChI=1S/C12H15N3O3S2/c1-4-15-7-13-6-10(12(15)16)14-20(17,18)11-5-8(2)9(3)19-11/h5-7,14H,4H2,1-3H3. The fourth-order valence-electron chi connectivity index (χ4n) is 1.61. The lowest BCUT2D eigenvalue weighted by atomic mass is 10.3. The largest absolute Gasteiger partial charge is 0.298 e. The summed E-state index contributed by atoms with van der Waals surface area (Å²) < 4.78 is 28.3. The highest BCUT2D eigenvalue weighted by Crippen LogP contribution is 2.26. The monoisotopic (exact) mass is 313 g/mol. The van der Waals surface area contributed by atoms with Crippen LogP contribution in [0.3, 0.4) is 0 Å². The quantitative estimate of drug-likeness (QED) is 0.932. The Hall–Kier alpha value is -1.67. The highest BCUT2D eigenvalue weighted by molar-refractivity contribution is 7.94. The first-order valence-corrected chi connectivity index (χ1v) is 8.29. The molecule has 0 unspecified atom stereocenters. The fourth-order valence-corrected chi connectivity index (χ4v) is 4.17. The zero-order chi connectivity index (χ0) is 14.9. The second kappa shape index (κ2) is 5.37. The molecule has 0 saturated heterocycles. The molecule has 0 aliphatic carbocycles. The van der Waals surface area contributed by atoms with Crippen LogP contribution in [0.1, 0.15) is 17.4 Å². The molecule has 0 saturated carbocycles. The Morgan fingerprint density at radius 1 is 1.40 bits per heavy atom. The normalized spacial score (nSPS) is 11.6. The van der Waals surface area contributed by atoms with E-state index < -0.39 is 15.6 Å². The number of aromatic nitrogens is 2. The van der Waals surface area contributed by atoms with Crippen LogP contribution in [0.15, 0.2) is 27.6 Å². The molecule has 2 rings (SSSR count). The molecule has 108 valence electrons. The Balaban J connectivity index is 2.41. The van der Waals surface area contributed by atoms with E-state index in [-0.39, 0.29) is 9.90 Å².